The number of pyridine rings is 1. The summed E-state index contributed by atoms with van der Waals surface area (Å²) in [4.78, 5) is 15.6. The number of hydrogen-bond donors (Lipinski definition) is 1. The van der Waals surface area contributed by atoms with Gasteiger partial charge in [-0.3, -0.25) is 4.79 Å². The van der Waals surface area contributed by atoms with Crippen LogP contribution in [-0.4, -0.2) is 24.6 Å². The van der Waals surface area contributed by atoms with Crippen LogP contribution in [0.25, 0.3) is 0 Å². The summed E-state index contributed by atoms with van der Waals surface area (Å²) in [6.07, 6.45) is 5.85. The zero-order valence-corrected chi connectivity index (χ0v) is 10.8. The molecule has 0 bridgehead atoms. The minimum absolute atomic E-state index is 0.0499. The van der Waals surface area contributed by atoms with Crippen LogP contribution in [0.2, 0.25) is 0 Å². The molecule has 1 aliphatic carbocycles. The smallest absolute Gasteiger partial charge is 0.308 e. The van der Waals surface area contributed by atoms with E-state index < -0.39 is 0 Å². The van der Waals surface area contributed by atoms with Gasteiger partial charge in [-0.25, -0.2) is 4.98 Å². The second-order valence-corrected chi connectivity index (χ2v) is 4.84. The Bertz CT molecular complexity index is 373. The van der Waals surface area contributed by atoms with Gasteiger partial charge in [0.15, 0.2) is 0 Å². The first-order chi connectivity index (χ1) is 8.79. The fourth-order valence-electron chi connectivity index (χ4n) is 2.49. The highest BCUT2D eigenvalue weighted by atomic mass is 16.5. The lowest BCUT2D eigenvalue weighted by Gasteiger charge is -2.27. The van der Waals surface area contributed by atoms with Crippen molar-refractivity contribution in [2.24, 2.45) is 11.8 Å². The van der Waals surface area contributed by atoms with Crippen LogP contribution in [-0.2, 0) is 9.53 Å². The number of nitrogens with zero attached hydrogens (tertiary/aromatic N) is 1. The van der Waals surface area contributed by atoms with Gasteiger partial charge in [0.1, 0.15) is 5.82 Å². The maximum absolute atomic E-state index is 11.4. The van der Waals surface area contributed by atoms with Gasteiger partial charge in [0, 0.05) is 12.7 Å². The number of ether oxygens (including phenoxy) is 1. The zero-order valence-electron chi connectivity index (χ0n) is 10.8. The van der Waals surface area contributed by atoms with Gasteiger partial charge in [0.05, 0.1) is 13.0 Å². The highest BCUT2D eigenvalue weighted by Gasteiger charge is 2.26. The molecule has 1 aromatic rings. The molecule has 0 aromatic carbocycles. The summed E-state index contributed by atoms with van der Waals surface area (Å²) in [6.45, 7) is 0.935. The monoisotopic (exact) mass is 248 g/mol. The number of carbonyl (C=O) groups is 1. The lowest BCUT2D eigenvalue weighted by atomic mass is 9.82. The molecule has 1 fully saturated rings. The Morgan fingerprint density at radius 2 is 2.17 bits per heavy atom. The number of methoxy groups -OCH3 is 1. The van der Waals surface area contributed by atoms with Crippen molar-refractivity contribution in [2.45, 2.75) is 25.7 Å². The normalized spacial score (nSPS) is 23.4. The Kier molecular flexibility index (Phi) is 4.56. The van der Waals surface area contributed by atoms with Crippen LogP contribution in [0.3, 0.4) is 0 Å². The lowest BCUT2D eigenvalue weighted by Crippen LogP contribution is -2.26. The summed E-state index contributed by atoms with van der Waals surface area (Å²) in [5.74, 6) is 1.62. The van der Waals surface area contributed by atoms with Crippen LogP contribution in [0.1, 0.15) is 25.7 Å². The minimum atomic E-state index is -0.0499. The van der Waals surface area contributed by atoms with Crippen LogP contribution in [0.4, 0.5) is 5.82 Å². The Balaban J connectivity index is 1.72. The van der Waals surface area contributed by atoms with Gasteiger partial charge >= 0.3 is 5.97 Å². The van der Waals surface area contributed by atoms with Crippen LogP contribution in [0.5, 0.6) is 0 Å². The van der Waals surface area contributed by atoms with Crippen molar-refractivity contribution < 1.29 is 9.53 Å². The number of anilines is 1. The number of hydrogen-bond acceptors (Lipinski definition) is 4. The van der Waals surface area contributed by atoms with E-state index in [4.69, 9.17) is 4.74 Å². The molecule has 1 aromatic heterocycles. The Labute approximate surface area is 108 Å². The topological polar surface area (TPSA) is 51.2 Å². The third-order valence-electron chi connectivity index (χ3n) is 3.62. The largest absolute Gasteiger partial charge is 0.469 e. The van der Waals surface area contributed by atoms with E-state index in [9.17, 15) is 4.79 Å². The number of rotatable bonds is 4. The van der Waals surface area contributed by atoms with Crippen molar-refractivity contribution in [1.29, 1.82) is 0 Å². The van der Waals surface area contributed by atoms with Crippen molar-refractivity contribution in [1.82, 2.24) is 4.98 Å². The van der Waals surface area contributed by atoms with Gasteiger partial charge in [-0.1, -0.05) is 6.07 Å². The molecule has 0 atom stereocenters. The minimum Gasteiger partial charge on any atom is -0.469 e. The maximum atomic E-state index is 11.4. The van der Waals surface area contributed by atoms with Gasteiger partial charge in [0.25, 0.3) is 0 Å². The highest BCUT2D eigenvalue weighted by molar-refractivity contribution is 5.72. The second-order valence-electron chi connectivity index (χ2n) is 4.84. The van der Waals surface area contributed by atoms with E-state index in [0.29, 0.717) is 5.92 Å². The Morgan fingerprint density at radius 1 is 1.39 bits per heavy atom. The fraction of sp³-hybridized carbons (Fsp3) is 0.571. The van der Waals surface area contributed by atoms with E-state index in [1.165, 1.54) is 7.11 Å². The number of carbonyl (C=O) groups excluding carboxylic acids is 1. The first-order valence-electron chi connectivity index (χ1n) is 6.52. The number of aromatic nitrogens is 1. The Hall–Kier alpha value is -1.58. The van der Waals surface area contributed by atoms with Crippen LogP contribution < -0.4 is 5.32 Å². The predicted octanol–water partition coefficient (Wildman–Crippen LogP) is 2.47. The molecule has 0 unspecified atom stereocenters. The highest BCUT2D eigenvalue weighted by Crippen LogP contribution is 2.29. The first-order valence-corrected chi connectivity index (χ1v) is 6.52. The van der Waals surface area contributed by atoms with Crippen molar-refractivity contribution in [3.63, 3.8) is 0 Å². The summed E-state index contributed by atoms with van der Waals surface area (Å²) < 4.78 is 4.79. The molecule has 0 saturated heterocycles. The van der Waals surface area contributed by atoms with E-state index in [1.807, 2.05) is 18.2 Å². The third kappa shape index (κ3) is 3.45. The van der Waals surface area contributed by atoms with Crippen LogP contribution >= 0.6 is 0 Å². The molecule has 0 amide bonds. The molecular formula is C14H20N2O2. The molecule has 1 heterocycles. The van der Waals surface area contributed by atoms with E-state index >= 15 is 0 Å². The van der Waals surface area contributed by atoms with Crippen molar-refractivity contribution in [2.75, 3.05) is 19.0 Å². The third-order valence-corrected chi connectivity index (χ3v) is 3.62. The molecule has 98 valence electrons. The summed E-state index contributed by atoms with van der Waals surface area (Å²) in [5.41, 5.74) is 0. The van der Waals surface area contributed by atoms with Gasteiger partial charge < -0.3 is 10.1 Å². The van der Waals surface area contributed by atoms with E-state index in [2.05, 4.69) is 10.3 Å². The van der Waals surface area contributed by atoms with E-state index in [1.54, 1.807) is 6.20 Å². The van der Waals surface area contributed by atoms with Crippen LogP contribution in [0, 0.1) is 11.8 Å². The molecule has 4 heteroatoms. The summed E-state index contributed by atoms with van der Waals surface area (Å²) in [5, 5.41) is 3.35. The number of nitrogens with one attached hydrogen (secondary N) is 1. The van der Waals surface area contributed by atoms with Gasteiger partial charge in [0.2, 0.25) is 0 Å². The molecule has 0 aliphatic heterocycles. The standard InChI is InChI=1S/C14H20N2O2/c1-18-14(17)12-7-5-11(6-8-12)10-16-13-4-2-3-9-15-13/h2-4,9,11-12H,5-8,10H2,1H3,(H,15,16). The van der Waals surface area contributed by atoms with Crippen molar-refractivity contribution in [3.05, 3.63) is 24.4 Å². The second kappa shape index (κ2) is 6.38. The summed E-state index contributed by atoms with van der Waals surface area (Å²) in [6, 6.07) is 5.86. The van der Waals surface area contributed by atoms with E-state index in [0.717, 1.165) is 38.0 Å². The fourth-order valence-corrected chi connectivity index (χ4v) is 2.49. The van der Waals surface area contributed by atoms with Gasteiger partial charge in [-0.15, -0.1) is 0 Å². The zero-order chi connectivity index (χ0) is 12.8. The summed E-state index contributed by atoms with van der Waals surface area (Å²) >= 11 is 0. The molecule has 2 rings (SSSR count). The molecule has 1 N–H and O–H groups in total. The first kappa shape index (κ1) is 12.9. The van der Waals surface area contributed by atoms with Crippen molar-refractivity contribution in [3.8, 4) is 0 Å². The number of esters is 1. The SMILES string of the molecule is COC(=O)C1CCC(CNc2ccccn2)CC1. The maximum Gasteiger partial charge on any atom is 0.308 e. The molecule has 0 radical (unpaired) electrons. The van der Waals surface area contributed by atoms with Crippen molar-refractivity contribution >= 4 is 11.8 Å². The van der Waals surface area contributed by atoms with E-state index in [-0.39, 0.29) is 11.9 Å². The molecular weight excluding hydrogens is 228 g/mol. The molecule has 0 spiro atoms. The van der Waals surface area contributed by atoms with Gasteiger partial charge in [-0.05, 0) is 43.7 Å². The summed E-state index contributed by atoms with van der Waals surface area (Å²) in [7, 11) is 1.47. The Morgan fingerprint density at radius 3 is 2.78 bits per heavy atom. The average molecular weight is 248 g/mol. The molecule has 18 heavy (non-hydrogen) atoms. The molecule has 1 aliphatic rings. The van der Waals surface area contributed by atoms with Gasteiger partial charge in [-0.2, -0.15) is 0 Å². The predicted molar refractivity (Wildman–Crippen MR) is 70.2 cm³/mol. The lowest BCUT2D eigenvalue weighted by molar-refractivity contribution is -0.146. The molecule has 1 saturated carbocycles. The quantitative estimate of drug-likeness (QED) is 0.832. The molecule has 4 nitrogen and oxygen atoms in total. The average Bonchev–Trinajstić information content (AvgIpc) is 2.46. The van der Waals surface area contributed by atoms with Crippen LogP contribution in [0.15, 0.2) is 24.4 Å².